The number of anilines is 2. The van der Waals surface area contributed by atoms with Gasteiger partial charge < -0.3 is 10.2 Å². The zero-order valence-corrected chi connectivity index (χ0v) is 18.6. The summed E-state index contributed by atoms with van der Waals surface area (Å²) in [7, 11) is 0. The molecule has 2 aliphatic rings. The van der Waals surface area contributed by atoms with E-state index in [9.17, 15) is 9.18 Å². The molecule has 32 heavy (non-hydrogen) atoms. The second-order valence-corrected chi connectivity index (χ2v) is 9.53. The number of hydrogen-bond donors (Lipinski definition) is 2. The molecule has 9 heteroatoms. The van der Waals surface area contributed by atoms with Crippen molar-refractivity contribution >= 4 is 39.9 Å². The predicted octanol–water partition coefficient (Wildman–Crippen LogP) is 4.46. The second-order valence-electron chi connectivity index (χ2n) is 9.09. The summed E-state index contributed by atoms with van der Waals surface area (Å²) in [5.74, 6) is 1.58. The van der Waals surface area contributed by atoms with Crippen LogP contribution in [-0.2, 0) is 4.79 Å². The van der Waals surface area contributed by atoms with E-state index in [-0.39, 0.29) is 17.7 Å². The largest absolute Gasteiger partial charge is 0.375 e. The highest BCUT2D eigenvalue weighted by Crippen LogP contribution is 2.38. The smallest absolute Gasteiger partial charge is 0.160 e. The number of nitrogens with one attached hydrogen (secondary N) is 2. The lowest BCUT2D eigenvalue weighted by atomic mass is 9.82. The zero-order valence-electron chi connectivity index (χ0n) is 17.9. The van der Waals surface area contributed by atoms with E-state index in [1.807, 2.05) is 0 Å². The monoisotopic (exact) mass is 456 g/mol. The molecule has 1 aromatic carbocycles. The molecule has 1 saturated carbocycles. The third-order valence-corrected chi connectivity index (χ3v) is 6.95. The van der Waals surface area contributed by atoms with Crippen LogP contribution in [0.3, 0.4) is 0 Å². The molecule has 2 aromatic heterocycles. The van der Waals surface area contributed by atoms with Crippen molar-refractivity contribution in [2.24, 2.45) is 17.8 Å². The van der Waals surface area contributed by atoms with Gasteiger partial charge in [0.2, 0.25) is 0 Å². The number of H-pyrrole nitrogens is 1. The Morgan fingerprint density at radius 3 is 2.94 bits per heavy atom. The number of piperidine rings is 1. The third kappa shape index (κ3) is 4.41. The molecule has 2 N–H and O–H groups in total. The Morgan fingerprint density at radius 1 is 1.31 bits per heavy atom. The van der Waals surface area contributed by atoms with E-state index in [2.05, 4.69) is 37.3 Å². The Kier molecular flexibility index (Phi) is 5.71. The van der Waals surface area contributed by atoms with E-state index in [1.54, 1.807) is 18.6 Å². The molecule has 3 heterocycles. The minimum atomic E-state index is -0.408. The molecule has 168 valence electrons. The van der Waals surface area contributed by atoms with Crippen LogP contribution in [-0.4, -0.2) is 45.1 Å². The van der Waals surface area contributed by atoms with E-state index >= 15 is 0 Å². The van der Waals surface area contributed by atoms with Crippen molar-refractivity contribution in [3.05, 3.63) is 41.6 Å². The number of carbonyl (C=O) groups is 1. The number of fused-ring (bicyclic) bond motifs is 1. The molecule has 0 bridgehead atoms. The van der Waals surface area contributed by atoms with Crippen LogP contribution < -0.4 is 10.2 Å². The molecule has 0 radical (unpaired) electrons. The maximum Gasteiger partial charge on any atom is 0.160 e. The number of carbonyl (C=O) groups excluding carboxylic acids is 1. The van der Waals surface area contributed by atoms with Gasteiger partial charge in [-0.1, -0.05) is 18.5 Å². The molecule has 2 fully saturated rings. The van der Waals surface area contributed by atoms with E-state index < -0.39 is 5.82 Å². The van der Waals surface area contributed by atoms with Crippen LogP contribution in [0.15, 0.2) is 30.7 Å². The lowest BCUT2D eigenvalue weighted by Gasteiger charge is -2.38. The first kappa shape index (κ1) is 21.1. The van der Waals surface area contributed by atoms with Gasteiger partial charge in [-0.3, -0.25) is 9.89 Å². The standard InChI is InChI=1S/C23H26ClFN6O/c1-13-4-5-31(23-19-10-28-30-22(19)26-12-27-23)11-15(13)6-20(32)21(14-2-3-14)29-18-8-16(24)7-17(25)9-18/h7-10,12-15,21,29H,2-6,11H2,1H3,(H,26,27,28,30)/t13-,15+,21-/m1/s1. The Hall–Kier alpha value is -2.74. The van der Waals surface area contributed by atoms with E-state index in [1.165, 1.54) is 12.1 Å². The lowest BCUT2D eigenvalue weighted by Crippen LogP contribution is -2.43. The van der Waals surface area contributed by atoms with Gasteiger partial charge in [0.15, 0.2) is 11.4 Å². The summed E-state index contributed by atoms with van der Waals surface area (Å²) in [6.45, 7) is 3.86. The summed E-state index contributed by atoms with van der Waals surface area (Å²) in [4.78, 5) is 24.3. The molecule has 1 aliphatic heterocycles. The fourth-order valence-electron chi connectivity index (χ4n) is 4.70. The number of hydrogen-bond acceptors (Lipinski definition) is 6. The molecule has 5 rings (SSSR count). The minimum Gasteiger partial charge on any atom is -0.375 e. The van der Waals surface area contributed by atoms with Crippen LogP contribution >= 0.6 is 11.6 Å². The average molecular weight is 457 g/mol. The Bertz CT molecular complexity index is 1110. The molecule has 1 saturated heterocycles. The van der Waals surface area contributed by atoms with E-state index in [4.69, 9.17) is 11.6 Å². The summed E-state index contributed by atoms with van der Waals surface area (Å²) in [5, 5.41) is 11.5. The topological polar surface area (TPSA) is 86.8 Å². The highest BCUT2D eigenvalue weighted by atomic mass is 35.5. The van der Waals surface area contributed by atoms with Gasteiger partial charge in [-0.2, -0.15) is 5.10 Å². The molecule has 1 aliphatic carbocycles. The van der Waals surface area contributed by atoms with Crippen LogP contribution in [0.25, 0.3) is 11.0 Å². The zero-order chi connectivity index (χ0) is 22.2. The minimum absolute atomic E-state index is 0.183. The molecular formula is C23H26ClFN6O. The maximum absolute atomic E-state index is 13.8. The molecule has 3 aromatic rings. The summed E-state index contributed by atoms with van der Waals surface area (Å²) >= 11 is 6.00. The van der Waals surface area contributed by atoms with Crippen molar-refractivity contribution in [1.82, 2.24) is 20.2 Å². The van der Waals surface area contributed by atoms with Crippen molar-refractivity contribution < 1.29 is 9.18 Å². The number of ketones is 1. The Morgan fingerprint density at radius 2 is 2.16 bits per heavy atom. The number of aromatic nitrogens is 4. The van der Waals surface area contributed by atoms with E-state index in [0.29, 0.717) is 34.6 Å². The molecule has 3 atom stereocenters. The molecule has 0 amide bonds. The SMILES string of the molecule is C[C@@H]1CCN(c2ncnc3[nH]ncc23)C[C@@H]1CC(=O)[C@H](Nc1cc(F)cc(Cl)c1)C1CC1. The summed E-state index contributed by atoms with van der Waals surface area (Å²) in [6, 6.07) is 4.02. The van der Waals surface area contributed by atoms with Crippen molar-refractivity contribution in [3.8, 4) is 0 Å². The second kappa shape index (κ2) is 8.65. The molecule has 0 spiro atoms. The first-order valence-corrected chi connectivity index (χ1v) is 11.5. The lowest BCUT2D eigenvalue weighted by molar-refractivity contribution is -0.121. The number of benzene rings is 1. The highest BCUT2D eigenvalue weighted by Gasteiger charge is 2.38. The van der Waals surface area contributed by atoms with Gasteiger partial charge in [0.1, 0.15) is 18.0 Å². The van der Waals surface area contributed by atoms with Crippen LogP contribution in [0, 0.1) is 23.6 Å². The summed E-state index contributed by atoms with van der Waals surface area (Å²) in [5.41, 5.74) is 1.27. The number of nitrogens with zero attached hydrogens (tertiary/aromatic N) is 4. The van der Waals surface area contributed by atoms with Crippen molar-refractivity contribution in [2.45, 2.75) is 38.6 Å². The first-order chi connectivity index (χ1) is 15.5. The van der Waals surface area contributed by atoms with Crippen molar-refractivity contribution in [3.63, 3.8) is 0 Å². The Balaban J connectivity index is 1.31. The van der Waals surface area contributed by atoms with Crippen molar-refractivity contribution in [1.29, 1.82) is 0 Å². The molecule has 7 nitrogen and oxygen atoms in total. The van der Waals surface area contributed by atoms with Crippen molar-refractivity contribution in [2.75, 3.05) is 23.3 Å². The summed E-state index contributed by atoms with van der Waals surface area (Å²) < 4.78 is 13.8. The number of halogens is 2. The number of aromatic amines is 1. The first-order valence-electron chi connectivity index (χ1n) is 11.1. The molecular weight excluding hydrogens is 431 g/mol. The quantitative estimate of drug-likeness (QED) is 0.546. The van der Waals surface area contributed by atoms with Gasteiger partial charge in [0, 0.05) is 30.2 Å². The van der Waals surface area contributed by atoms with Crippen LogP contribution in [0.5, 0.6) is 0 Å². The third-order valence-electron chi connectivity index (χ3n) is 6.73. The van der Waals surface area contributed by atoms with Gasteiger partial charge in [-0.05, 0) is 55.2 Å². The number of Topliss-reactive ketones (excluding diaryl/α,β-unsaturated/α-hetero) is 1. The van der Waals surface area contributed by atoms with Gasteiger partial charge in [0.05, 0.1) is 17.6 Å². The fourth-order valence-corrected chi connectivity index (χ4v) is 4.93. The average Bonchev–Trinajstić information content (AvgIpc) is 3.48. The molecule has 0 unspecified atom stereocenters. The van der Waals surface area contributed by atoms with Crippen LogP contribution in [0.1, 0.15) is 32.6 Å². The predicted molar refractivity (Wildman–Crippen MR) is 122 cm³/mol. The van der Waals surface area contributed by atoms with Gasteiger partial charge >= 0.3 is 0 Å². The normalized spacial score (nSPS) is 22.2. The van der Waals surface area contributed by atoms with Crippen LogP contribution in [0.4, 0.5) is 15.9 Å². The van der Waals surface area contributed by atoms with Gasteiger partial charge in [-0.15, -0.1) is 0 Å². The van der Waals surface area contributed by atoms with Gasteiger partial charge in [0.25, 0.3) is 0 Å². The van der Waals surface area contributed by atoms with Gasteiger partial charge in [-0.25, -0.2) is 14.4 Å². The fraction of sp³-hybridized carbons (Fsp3) is 0.478. The summed E-state index contributed by atoms with van der Waals surface area (Å²) in [6.07, 6.45) is 6.79. The Labute approximate surface area is 190 Å². The highest BCUT2D eigenvalue weighted by molar-refractivity contribution is 6.30. The van der Waals surface area contributed by atoms with E-state index in [0.717, 1.165) is 43.6 Å². The maximum atomic E-state index is 13.8. The van der Waals surface area contributed by atoms with Crippen LogP contribution in [0.2, 0.25) is 5.02 Å². The number of rotatable bonds is 7.